The molecule has 1 rings (SSSR count). The van der Waals surface area contributed by atoms with Gasteiger partial charge in [0.15, 0.2) is 5.96 Å². The minimum absolute atomic E-state index is 0. The van der Waals surface area contributed by atoms with Crippen LogP contribution in [0.3, 0.4) is 0 Å². The summed E-state index contributed by atoms with van der Waals surface area (Å²) in [6.07, 6.45) is 0. The fraction of sp³-hybridized carbons (Fsp3) is 0.875. The van der Waals surface area contributed by atoms with E-state index in [4.69, 9.17) is 0 Å². The molecular weight excluding hydrogens is 419 g/mol. The van der Waals surface area contributed by atoms with E-state index in [-0.39, 0.29) is 36.4 Å². The number of piperazine rings is 1. The summed E-state index contributed by atoms with van der Waals surface area (Å²) in [7, 11) is 5.67. The third kappa shape index (κ3) is 9.63. The summed E-state index contributed by atoms with van der Waals surface area (Å²) in [4.78, 5) is 22.4. The molecule has 1 aliphatic heterocycles. The van der Waals surface area contributed by atoms with E-state index in [1.807, 2.05) is 6.92 Å². The third-order valence-corrected chi connectivity index (χ3v) is 4.00. The van der Waals surface area contributed by atoms with Crippen molar-refractivity contribution in [2.45, 2.75) is 13.8 Å². The lowest BCUT2D eigenvalue weighted by Crippen LogP contribution is -2.47. The van der Waals surface area contributed by atoms with E-state index in [1.54, 1.807) is 19.0 Å². The molecule has 1 atom stereocenters. The maximum absolute atomic E-state index is 11.6. The predicted molar refractivity (Wildman–Crippen MR) is 111 cm³/mol. The number of guanidine groups is 1. The second-order valence-corrected chi connectivity index (χ2v) is 6.57. The summed E-state index contributed by atoms with van der Waals surface area (Å²) in [6, 6.07) is 0. The Morgan fingerprint density at radius 3 is 2.38 bits per heavy atom. The molecule has 1 aliphatic rings. The van der Waals surface area contributed by atoms with E-state index in [0.29, 0.717) is 11.9 Å². The van der Waals surface area contributed by atoms with Gasteiger partial charge in [-0.05, 0) is 19.9 Å². The Kier molecular flexibility index (Phi) is 12.4. The fourth-order valence-electron chi connectivity index (χ4n) is 2.44. The van der Waals surface area contributed by atoms with Crippen molar-refractivity contribution < 1.29 is 4.79 Å². The van der Waals surface area contributed by atoms with Crippen LogP contribution in [0.15, 0.2) is 4.99 Å². The van der Waals surface area contributed by atoms with Gasteiger partial charge in [-0.3, -0.25) is 4.79 Å². The number of carbonyl (C=O) groups is 1. The van der Waals surface area contributed by atoms with Gasteiger partial charge in [-0.2, -0.15) is 0 Å². The highest BCUT2D eigenvalue weighted by molar-refractivity contribution is 14.0. The Bertz CT molecular complexity index is 383. The Morgan fingerprint density at radius 1 is 1.21 bits per heavy atom. The molecule has 7 nitrogen and oxygen atoms in total. The first kappa shape index (κ1) is 23.4. The van der Waals surface area contributed by atoms with Gasteiger partial charge in [0.05, 0.1) is 0 Å². The number of hydrogen-bond acceptors (Lipinski definition) is 4. The lowest BCUT2D eigenvalue weighted by atomic mass is 10.1. The molecule has 0 aromatic rings. The smallest absolute Gasteiger partial charge is 0.243 e. The van der Waals surface area contributed by atoms with Crippen molar-refractivity contribution in [3.05, 3.63) is 0 Å². The molecule has 0 aromatic carbocycles. The topological polar surface area (TPSA) is 63.2 Å². The first-order valence-corrected chi connectivity index (χ1v) is 8.55. The van der Waals surface area contributed by atoms with Crippen LogP contribution in [0.1, 0.15) is 13.8 Å². The van der Waals surface area contributed by atoms with E-state index in [1.165, 1.54) is 0 Å². The molecule has 1 heterocycles. The zero-order valence-corrected chi connectivity index (χ0v) is 18.2. The molecule has 1 unspecified atom stereocenters. The Hall–Kier alpha value is -0.610. The molecule has 1 saturated heterocycles. The van der Waals surface area contributed by atoms with Crippen molar-refractivity contribution in [3.8, 4) is 0 Å². The van der Waals surface area contributed by atoms with Crippen LogP contribution in [0.4, 0.5) is 0 Å². The number of likely N-dealkylation sites (N-methyl/N-ethyl adjacent to an activating group) is 2. The molecule has 1 amide bonds. The maximum Gasteiger partial charge on any atom is 0.243 e. The van der Waals surface area contributed by atoms with Crippen LogP contribution in [0.5, 0.6) is 0 Å². The van der Waals surface area contributed by atoms with Crippen molar-refractivity contribution in [1.29, 1.82) is 0 Å². The largest absolute Gasteiger partial charge is 0.357 e. The molecular formula is C16H35IN6O. The van der Waals surface area contributed by atoms with Crippen LogP contribution < -0.4 is 10.6 Å². The first-order chi connectivity index (χ1) is 10.9. The number of rotatable bonds is 7. The van der Waals surface area contributed by atoms with Gasteiger partial charge in [-0.15, -0.1) is 24.0 Å². The van der Waals surface area contributed by atoms with Crippen LogP contribution in [0, 0.1) is 5.92 Å². The second-order valence-electron chi connectivity index (χ2n) is 6.57. The van der Waals surface area contributed by atoms with E-state index < -0.39 is 0 Å². The summed E-state index contributed by atoms with van der Waals surface area (Å²) in [5, 5.41) is 6.53. The summed E-state index contributed by atoms with van der Waals surface area (Å²) in [5.74, 6) is 1.26. The maximum atomic E-state index is 11.6. The molecule has 0 aliphatic carbocycles. The van der Waals surface area contributed by atoms with Crippen molar-refractivity contribution in [2.75, 3.05) is 73.5 Å². The minimum Gasteiger partial charge on any atom is -0.357 e. The molecule has 24 heavy (non-hydrogen) atoms. The fourth-order valence-corrected chi connectivity index (χ4v) is 2.44. The molecule has 142 valence electrons. The van der Waals surface area contributed by atoms with Crippen molar-refractivity contribution in [2.24, 2.45) is 10.9 Å². The van der Waals surface area contributed by atoms with Gasteiger partial charge in [0.1, 0.15) is 6.54 Å². The summed E-state index contributed by atoms with van der Waals surface area (Å²) >= 11 is 0. The highest BCUT2D eigenvalue weighted by Gasteiger charge is 2.16. The van der Waals surface area contributed by atoms with Crippen LogP contribution >= 0.6 is 24.0 Å². The van der Waals surface area contributed by atoms with Gasteiger partial charge in [-0.25, -0.2) is 4.99 Å². The summed E-state index contributed by atoms with van der Waals surface area (Å²) in [5.41, 5.74) is 0. The molecule has 0 spiro atoms. The predicted octanol–water partition coefficient (Wildman–Crippen LogP) is 0.131. The Balaban J connectivity index is 0.00000529. The highest BCUT2D eigenvalue weighted by Crippen LogP contribution is 2.03. The number of aliphatic imine (C=N–C) groups is 1. The Labute approximate surface area is 164 Å². The number of carbonyl (C=O) groups excluding carboxylic acids is 1. The zero-order chi connectivity index (χ0) is 17.2. The average molecular weight is 454 g/mol. The van der Waals surface area contributed by atoms with E-state index in [9.17, 15) is 4.79 Å². The summed E-state index contributed by atoms with van der Waals surface area (Å²) in [6.45, 7) is 11.8. The number of amides is 1. The number of nitrogens with one attached hydrogen (secondary N) is 2. The number of hydrogen-bond donors (Lipinski definition) is 2. The van der Waals surface area contributed by atoms with Crippen molar-refractivity contribution >= 4 is 35.8 Å². The van der Waals surface area contributed by atoms with Crippen molar-refractivity contribution in [3.63, 3.8) is 0 Å². The molecule has 0 bridgehead atoms. The monoisotopic (exact) mass is 454 g/mol. The molecule has 0 radical (unpaired) electrons. The van der Waals surface area contributed by atoms with Crippen LogP contribution in [0.2, 0.25) is 0 Å². The van der Waals surface area contributed by atoms with Crippen LogP contribution in [0.25, 0.3) is 0 Å². The Morgan fingerprint density at radius 2 is 1.83 bits per heavy atom. The van der Waals surface area contributed by atoms with E-state index in [0.717, 1.165) is 45.8 Å². The van der Waals surface area contributed by atoms with Gasteiger partial charge in [0.25, 0.3) is 0 Å². The average Bonchev–Trinajstić information content (AvgIpc) is 2.51. The third-order valence-electron chi connectivity index (χ3n) is 4.00. The van der Waals surface area contributed by atoms with Gasteiger partial charge in [0, 0.05) is 59.9 Å². The standard InChI is InChI=1S/C16H34N6O.HI/c1-6-17-16(19-12-15(23)20(3)4)18-11-14(2)13-22-9-7-21(5)8-10-22;/h14H,6-13H2,1-5H3,(H2,17,18,19);1H. The van der Waals surface area contributed by atoms with Crippen molar-refractivity contribution in [1.82, 2.24) is 25.3 Å². The van der Waals surface area contributed by atoms with Crippen LogP contribution in [-0.4, -0.2) is 100 Å². The van der Waals surface area contributed by atoms with Gasteiger partial charge in [-0.1, -0.05) is 6.92 Å². The number of nitrogens with zero attached hydrogens (tertiary/aromatic N) is 4. The molecule has 1 fully saturated rings. The van der Waals surface area contributed by atoms with E-state index in [2.05, 4.69) is 39.4 Å². The van der Waals surface area contributed by atoms with Gasteiger partial charge < -0.3 is 25.3 Å². The van der Waals surface area contributed by atoms with Gasteiger partial charge in [0.2, 0.25) is 5.91 Å². The van der Waals surface area contributed by atoms with E-state index >= 15 is 0 Å². The lowest BCUT2D eigenvalue weighted by Gasteiger charge is -2.34. The highest BCUT2D eigenvalue weighted by atomic mass is 127. The second kappa shape index (κ2) is 12.7. The van der Waals surface area contributed by atoms with Crippen LogP contribution in [-0.2, 0) is 4.79 Å². The van der Waals surface area contributed by atoms with Gasteiger partial charge >= 0.3 is 0 Å². The molecule has 2 N–H and O–H groups in total. The number of halogens is 1. The minimum atomic E-state index is 0. The lowest BCUT2D eigenvalue weighted by molar-refractivity contribution is -0.127. The molecule has 0 saturated carbocycles. The normalized spacial score (nSPS) is 17.8. The first-order valence-electron chi connectivity index (χ1n) is 8.55. The molecule has 8 heteroatoms. The SMILES string of the molecule is CCNC(=NCC(=O)N(C)C)NCC(C)CN1CCN(C)CC1.I. The molecule has 0 aromatic heterocycles. The quantitative estimate of drug-likeness (QED) is 0.326. The zero-order valence-electron chi connectivity index (χ0n) is 15.8. The summed E-state index contributed by atoms with van der Waals surface area (Å²) < 4.78 is 0.